The van der Waals surface area contributed by atoms with Crippen LogP contribution in [0.2, 0.25) is 0 Å². The van der Waals surface area contributed by atoms with Crippen molar-refractivity contribution in [3.8, 4) is 0 Å². The van der Waals surface area contributed by atoms with Crippen molar-refractivity contribution < 1.29 is 17.4 Å². The van der Waals surface area contributed by atoms with Crippen LogP contribution in [0.3, 0.4) is 0 Å². The van der Waals surface area contributed by atoms with E-state index in [0.29, 0.717) is 13.1 Å². The van der Waals surface area contributed by atoms with Gasteiger partial charge in [0.1, 0.15) is 11.0 Å². The molecule has 1 unspecified atom stereocenters. The van der Waals surface area contributed by atoms with E-state index < -0.39 is 22.7 Å². The molecule has 2 aromatic rings. The Morgan fingerprint density at radius 3 is 2.64 bits per heavy atom. The first-order valence-corrected chi connectivity index (χ1v) is 9.13. The highest BCUT2D eigenvalue weighted by molar-refractivity contribution is 7.82. The number of aryl methyl sites for hydroxylation is 1. The van der Waals surface area contributed by atoms with Gasteiger partial charge in [0.15, 0.2) is 0 Å². The van der Waals surface area contributed by atoms with Crippen molar-refractivity contribution in [2.45, 2.75) is 30.5 Å². The van der Waals surface area contributed by atoms with Crippen molar-refractivity contribution in [3.05, 3.63) is 59.2 Å². The van der Waals surface area contributed by atoms with Crippen molar-refractivity contribution in [1.82, 2.24) is 4.31 Å². The molecule has 0 saturated carbocycles. The van der Waals surface area contributed by atoms with E-state index in [1.165, 1.54) is 17.7 Å². The monoisotopic (exact) mass is 368 g/mol. The van der Waals surface area contributed by atoms with Crippen molar-refractivity contribution in [1.29, 1.82) is 0 Å². The number of alkyl halides is 3. The quantitative estimate of drug-likeness (QED) is 0.880. The minimum atomic E-state index is -4.44. The number of halogens is 3. The molecular weight excluding hydrogens is 349 g/mol. The summed E-state index contributed by atoms with van der Waals surface area (Å²) in [5.74, 6) is 0. The lowest BCUT2D eigenvalue weighted by atomic mass is 10.0. The average molecular weight is 368 g/mol. The van der Waals surface area contributed by atoms with E-state index in [1.807, 2.05) is 19.2 Å². The van der Waals surface area contributed by atoms with Gasteiger partial charge in [0.2, 0.25) is 0 Å². The van der Waals surface area contributed by atoms with E-state index in [4.69, 9.17) is 0 Å². The topological polar surface area (TPSA) is 32.3 Å². The lowest BCUT2D eigenvalue weighted by molar-refractivity contribution is -0.137. The summed E-state index contributed by atoms with van der Waals surface area (Å²) < 4.78 is 53.3. The van der Waals surface area contributed by atoms with Gasteiger partial charge in [0, 0.05) is 25.8 Å². The third kappa shape index (κ3) is 4.04. The Morgan fingerprint density at radius 2 is 1.92 bits per heavy atom. The van der Waals surface area contributed by atoms with Crippen LogP contribution in [0.4, 0.5) is 18.9 Å². The Kier molecular flexibility index (Phi) is 5.15. The Balaban J connectivity index is 1.87. The standard InChI is InChI=1S/C18H19F3N2OS/c1-22-16-8-7-13-4-3-9-23(12-14(13)10-16)25(24)17-6-2-5-15(11-17)18(19,20)21/h2,5-8,10-11,22H,3-4,9,12H2,1H3. The summed E-state index contributed by atoms with van der Waals surface area (Å²) in [6.07, 6.45) is -2.75. The molecule has 7 heteroatoms. The lowest BCUT2D eigenvalue weighted by Crippen LogP contribution is -2.26. The van der Waals surface area contributed by atoms with E-state index in [9.17, 15) is 17.4 Å². The molecule has 3 rings (SSSR count). The summed E-state index contributed by atoms with van der Waals surface area (Å²) in [4.78, 5) is 0.183. The molecule has 1 aliphatic rings. The molecule has 0 aromatic heterocycles. The van der Waals surface area contributed by atoms with Crippen molar-refractivity contribution >= 4 is 16.7 Å². The Morgan fingerprint density at radius 1 is 1.12 bits per heavy atom. The van der Waals surface area contributed by atoms with Crippen LogP contribution >= 0.6 is 0 Å². The van der Waals surface area contributed by atoms with Gasteiger partial charge >= 0.3 is 6.18 Å². The summed E-state index contributed by atoms with van der Waals surface area (Å²) in [6.45, 7) is 1.03. The van der Waals surface area contributed by atoms with Crippen molar-refractivity contribution in [3.63, 3.8) is 0 Å². The highest BCUT2D eigenvalue weighted by Gasteiger charge is 2.31. The van der Waals surface area contributed by atoms with Crippen molar-refractivity contribution in [2.24, 2.45) is 0 Å². The highest BCUT2D eigenvalue weighted by atomic mass is 32.2. The molecule has 0 bridgehead atoms. The summed E-state index contributed by atoms with van der Waals surface area (Å²) in [5, 5.41) is 3.08. The number of fused-ring (bicyclic) bond motifs is 1. The van der Waals surface area contributed by atoms with Gasteiger partial charge in [0.25, 0.3) is 0 Å². The molecule has 3 nitrogen and oxygen atoms in total. The maximum atomic E-state index is 12.9. The minimum Gasteiger partial charge on any atom is -0.388 e. The maximum Gasteiger partial charge on any atom is 0.416 e. The largest absolute Gasteiger partial charge is 0.416 e. The third-order valence-electron chi connectivity index (χ3n) is 4.29. The van der Waals surface area contributed by atoms with E-state index in [2.05, 4.69) is 11.4 Å². The fourth-order valence-electron chi connectivity index (χ4n) is 2.96. The molecule has 0 saturated heterocycles. The zero-order valence-electron chi connectivity index (χ0n) is 13.8. The van der Waals surface area contributed by atoms with Crippen LogP contribution in [0.15, 0.2) is 47.4 Å². The number of benzene rings is 2. The molecule has 1 atom stereocenters. The smallest absolute Gasteiger partial charge is 0.388 e. The second-order valence-electron chi connectivity index (χ2n) is 5.98. The van der Waals surface area contributed by atoms with E-state index in [1.54, 1.807) is 4.31 Å². The number of nitrogens with zero attached hydrogens (tertiary/aromatic N) is 1. The zero-order valence-corrected chi connectivity index (χ0v) is 14.6. The van der Waals surface area contributed by atoms with Gasteiger partial charge in [-0.1, -0.05) is 12.1 Å². The van der Waals surface area contributed by atoms with Crippen LogP contribution < -0.4 is 5.32 Å². The molecule has 134 valence electrons. The molecular formula is C18H19F3N2OS. The maximum absolute atomic E-state index is 12.9. The highest BCUT2D eigenvalue weighted by Crippen LogP contribution is 2.31. The molecule has 1 aliphatic heterocycles. The van der Waals surface area contributed by atoms with Crippen LogP contribution in [-0.4, -0.2) is 22.1 Å². The molecule has 1 N–H and O–H groups in total. The number of anilines is 1. The first-order valence-electron chi connectivity index (χ1n) is 8.02. The van der Waals surface area contributed by atoms with Crippen LogP contribution in [0.1, 0.15) is 23.1 Å². The Hall–Kier alpha value is -1.86. The molecule has 0 fully saturated rings. The third-order valence-corrected chi connectivity index (χ3v) is 5.73. The SMILES string of the molecule is CNc1ccc2c(c1)CN(S(=O)c1cccc(C(F)(F)F)c1)CCC2. The Bertz CT molecular complexity index is 792. The molecule has 1 heterocycles. The second kappa shape index (κ2) is 7.17. The van der Waals surface area contributed by atoms with Crippen LogP contribution in [0.5, 0.6) is 0 Å². The predicted octanol–water partition coefficient (Wildman–Crippen LogP) is 4.22. The first kappa shape index (κ1) is 17.9. The molecule has 0 spiro atoms. The van der Waals surface area contributed by atoms with Gasteiger partial charge in [-0.25, -0.2) is 8.51 Å². The normalized spacial score (nSPS) is 16.8. The van der Waals surface area contributed by atoms with Crippen molar-refractivity contribution in [2.75, 3.05) is 18.9 Å². The van der Waals surface area contributed by atoms with Gasteiger partial charge in [-0.05, 0) is 54.3 Å². The fraction of sp³-hybridized carbons (Fsp3) is 0.333. The first-order chi connectivity index (χ1) is 11.9. The Labute approximate surface area is 147 Å². The summed E-state index contributed by atoms with van der Waals surface area (Å²) in [5.41, 5.74) is 2.45. The number of nitrogens with one attached hydrogen (secondary N) is 1. The molecule has 25 heavy (non-hydrogen) atoms. The molecule has 0 amide bonds. The van der Waals surface area contributed by atoms with Crippen LogP contribution in [0.25, 0.3) is 0 Å². The zero-order chi connectivity index (χ0) is 18.0. The van der Waals surface area contributed by atoms with E-state index >= 15 is 0 Å². The minimum absolute atomic E-state index is 0.183. The number of hydrogen-bond acceptors (Lipinski definition) is 2. The van der Waals surface area contributed by atoms with Gasteiger partial charge in [0.05, 0.1) is 10.5 Å². The fourth-order valence-corrected chi connectivity index (χ4v) is 4.23. The summed E-state index contributed by atoms with van der Waals surface area (Å²) in [6, 6.07) is 10.8. The van der Waals surface area contributed by atoms with E-state index in [-0.39, 0.29) is 4.90 Å². The number of rotatable bonds is 3. The van der Waals surface area contributed by atoms with Crippen LogP contribution in [-0.2, 0) is 30.1 Å². The van der Waals surface area contributed by atoms with Gasteiger partial charge in [-0.2, -0.15) is 13.2 Å². The summed E-state index contributed by atoms with van der Waals surface area (Å²) in [7, 11) is 0.201. The molecule has 0 radical (unpaired) electrons. The summed E-state index contributed by atoms with van der Waals surface area (Å²) >= 11 is 0. The van der Waals surface area contributed by atoms with Gasteiger partial charge < -0.3 is 5.32 Å². The average Bonchev–Trinajstić information content (AvgIpc) is 2.82. The number of hydrogen-bond donors (Lipinski definition) is 1. The molecule has 2 aromatic carbocycles. The predicted molar refractivity (Wildman–Crippen MR) is 92.6 cm³/mol. The van der Waals surface area contributed by atoms with Gasteiger partial charge in [-0.3, -0.25) is 0 Å². The van der Waals surface area contributed by atoms with Gasteiger partial charge in [-0.15, -0.1) is 0 Å². The lowest BCUT2D eigenvalue weighted by Gasteiger charge is -2.20. The van der Waals surface area contributed by atoms with E-state index in [0.717, 1.165) is 36.2 Å². The molecule has 0 aliphatic carbocycles. The van der Waals surface area contributed by atoms with Crippen LogP contribution in [0, 0.1) is 0 Å². The second-order valence-corrected chi connectivity index (χ2v) is 7.46.